The third-order valence-electron chi connectivity index (χ3n) is 3.72. The van der Waals surface area contributed by atoms with Gasteiger partial charge in [-0.05, 0) is 54.1 Å². The molecule has 1 aromatic heterocycles. The summed E-state index contributed by atoms with van der Waals surface area (Å²) in [4.78, 5) is 12.1. The van der Waals surface area contributed by atoms with Crippen LogP contribution in [0.15, 0.2) is 70.8 Å². The first-order valence-electron chi connectivity index (χ1n) is 8.17. The van der Waals surface area contributed by atoms with Gasteiger partial charge in [0.05, 0.1) is 24.8 Å². The molecule has 0 saturated carbocycles. The van der Waals surface area contributed by atoms with Crippen molar-refractivity contribution in [3.8, 4) is 11.6 Å². The molecule has 0 bridgehead atoms. The van der Waals surface area contributed by atoms with E-state index < -0.39 is 10.0 Å². The van der Waals surface area contributed by atoms with Crippen molar-refractivity contribution in [2.24, 2.45) is 4.99 Å². The Morgan fingerprint density at radius 1 is 0.964 bits per heavy atom. The second-order valence-corrected chi connectivity index (χ2v) is 7.26. The summed E-state index contributed by atoms with van der Waals surface area (Å²) in [6.07, 6.45) is 2.90. The molecule has 0 aliphatic heterocycles. The molecule has 2 aromatic carbocycles. The number of methoxy groups -OCH3 is 2. The summed E-state index contributed by atoms with van der Waals surface area (Å²) in [5.41, 5.74) is 1.52. The molecular weight excluding hydrogens is 380 g/mol. The standard InChI is InChI=1S/C19H18N4O4S/c1-26-16-7-3-14(4-8-16)12-20-15-5-9-17(10-6-15)28(24,25)23-18-11-19(27-2)22-13-21-18/h3-13H,1-2H3,(H,21,22,23). The first-order chi connectivity index (χ1) is 13.5. The van der Waals surface area contributed by atoms with Crippen molar-refractivity contribution in [1.82, 2.24) is 9.97 Å². The predicted molar refractivity (Wildman–Crippen MR) is 106 cm³/mol. The molecule has 3 aromatic rings. The monoisotopic (exact) mass is 398 g/mol. The highest BCUT2D eigenvalue weighted by molar-refractivity contribution is 7.92. The van der Waals surface area contributed by atoms with E-state index in [1.807, 2.05) is 24.3 Å². The van der Waals surface area contributed by atoms with Crippen LogP contribution in [0.1, 0.15) is 5.56 Å². The van der Waals surface area contributed by atoms with Crippen LogP contribution in [0.2, 0.25) is 0 Å². The lowest BCUT2D eigenvalue weighted by Crippen LogP contribution is -2.14. The van der Waals surface area contributed by atoms with Crippen LogP contribution >= 0.6 is 0 Å². The molecule has 0 saturated heterocycles. The molecule has 0 fully saturated rings. The summed E-state index contributed by atoms with van der Waals surface area (Å²) >= 11 is 0. The van der Waals surface area contributed by atoms with Gasteiger partial charge < -0.3 is 9.47 Å². The van der Waals surface area contributed by atoms with Gasteiger partial charge in [0.2, 0.25) is 5.88 Å². The fourth-order valence-electron chi connectivity index (χ4n) is 2.25. The SMILES string of the molecule is COc1ccc(C=Nc2ccc(S(=O)(=O)Nc3cc(OC)ncn3)cc2)cc1. The number of hydrogen-bond donors (Lipinski definition) is 1. The van der Waals surface area contributed by atoms with Crippen LogP contribution in [0.3, 0.4) is 0 Å². The van der Waals surface area contributed by atoms with E-state index in [9.17, 15) is 8.42 Å². The minimum absolute atomic E-state index is 0.0912. The molecule has 9 heteroatoms. The molecule has 0 spiro atoms. The molecular formula is C19H18N4O4S. The summed E-state index contributed by atoms with van der Waals surface area (Å²) in [5, 5.41) is 0. The van der Waals surface area contributed by atoms with Crippen molar-refractivity contribution in [1.29, 1.82) is 0 Å². The van der Waals surface area contributed by atoms with Crippen LogP contribution in [0.25, 0.3) is 0 Å². The van der Waals surface area contributed by atoms with Gasteiger partial charge in [-0.15, -0.1) is 0 Å². The third kappa shape index (κ3) is 4.83. The number of aromatic nitrogens is 2. The molecule has 3 rings (SSSR count). The lowest BCUT2D eigenvalue weighted by Gasteiger charge is -2.08. The smallest absolute Gasteiger partial charge is 0.263 e. The zero-order valence-corrected chi connectivity index (χ0v) is 16.1. The Kier molecular flexibility index (Phi) is 5.85. The number of ether oxygens (including phenoxy) is 2. The van der Waals surface area contributed by atoms with Gasteiger partial charge in [-0.1, -0.05) is 0 Å². The second kappa shape index (κ2) is 8.49. The van der Waals surface area contributed by atoms with Crippen LogP contribution < -0.4 is 14.2 Å². The van der Waals surface area contributed by atoms with E-state index >= 15 is 0 Å². The molecule has 28 heavy (non-hydrogen) atoms. The fraction of sp³-hybridized carbons (Fsp3) is 0.105. The summed E-state index contributed by atoms with van der Waals surface area (Å²) in [6, 6.07) is 15.0. The highest BCUT2D eigenvalue weighted by Crippen LogP contribution is 2.20. The molecule has 0 unspecified atom stereocenters. The molecule has 144 valence electrons. The maximum Gasteiger partial charge on any atom is 0.263 e. The topological polar surface area (TPSA) is 103 Å². The number of rotatable bonds is 7. The van der Waals surface area contributed by atoms with E-state index in [0.717, 1.165) is 11.3 Å². The van der Waals surface area contributed by atoms with Gasteiger partial charge in [0, 0.05) is 12.3 Å². The summed E-state index contributed by atoms with van der Waals surface area (Å²) in [7, 11) is -0.749. The number of benzene rings is 2. The van der Waals surface area contributed by atoms with E-state index in [4.69, 9.17) is 9.47 Å². The number of hydrogen-bond acceptors (Lipinski definition) is 7. The highest BCUT2D eigenvalue weighted by atomic mass is 32.2. The Labute approximate surface area is 163 Å². The van der Waals surface area contributed by atoms with Crippen LogP contribution in [-0.2, 0) is 10.0 Å². The summed E-state index contributed by atoms with van der Waals surface area (Å²) < 4.78 is 37.4. The molecule has 1 N–H and O–H groups in total. The Bertz CT molecular complexity index is 1070. The minimum Gasteiger partial charge on any atom is -0.497 e. The van der Waals surface area contributed by atoms with Gasteiger partial charge in [0.15, 0.2) is 0 Å². The van der Waals surface area contributed by atoms with Crippen LogP contribution in [0, 0.1) is 0 Å². The molecule has 0 aliphatic carbocycles. The summed E-state index contributed by atoms with van der Waals surface area (Å²) in [6.45, 7) is 0. The Morgan fingerprint density at radius 3 is 2.32 bits per heavy atom. The molecule has 0 radical (unpaired) electrons. The van der Waals surface area contributed by atoms with Gasteiger partial charge in [0.25, 0.3) is 10.0 Å². The zero-order chi connectivity index (χ0) is 20.0. The van der Waals surface area contributed by atoms with Crippen molar-refractivity contribution in [2.45, 2.75) is 4.90 Å². The summed E-state index contributed by atoms with van der Waals surface area (Å²) in [5.74, 6) is 1.14. The maximum absolute atomic E-state index is 12.5. The Balaban J connectivity index is 1.72. The van der Waals surface area contributed by atoms with Crippen molar-refractivity contribution in [2.75, 3.05) is 18.9 Å². The minimum atomic E-state index is -3.79. The Morgan fingerprint density at radius 2 is 1.68 bits per heavy atom. The third-order valence-corrected chi connectivity index (χ3v) is 5.09. The largest absolute Gasteiger partial charge is 0.497 e. The van der Waals surface area contributed by atoms with Crippen LogP contribution in [-0.4, -0.2) is 38.8 Å². The zero-order valence-electron chi connectivity index (χ0n) is 15.2. The average molecular weight is 398 g/mol. The lowest BCUT2D eigenvalue weighted by atomic mass is 10.2. The molecule has 1 heterocycles. The lowest BCUT2D eigenvalue weighted by molar-refractivity contribution is 0.397. The predicted octanol–water partition coefficient (Wildman–Crippen LogP) is 3.05. The number of aliphatic imine (C=N–C) groups is 1. The number of sulfonamides is 1. The van der Waals surface area contributed by atoms with Crippen molar-refractivity contribution < 1.29 is 17.9 Å². The van der Waals surface area contributed by atoms with Crippen molar-refractivity contribution in [3.63, 3.8) is 0 Å². The van der Waals surface area contributed by atoms with Gasteiger partial charge in [-0.2, -0.15) is 0 Å². The van der Waals surface area contributed by atoms with Crippen molar-refractivity contribution in [3.05, 3.63) is 66.5 Å². The van der Waals surface area contributed by atoms with Gasteiger partial charge in [-0.3, -0.25) is 9.71 Å². The normalized spacial score (nSPS) is 11.4. The molecule has 0 amide bonds. The van der Waals surface area contributed by atoms with Crippen molar-refractivity contribution >= 4 is 27.7 Å². The van der Waals surface area contributed by atoms with Gasteiger partial charge in [-0.25, -0.2) is 18.4 Å². The van der Waals surface area contributed by atoms with E-state index in [0.29, 0.717) is 5.69 Å². The maximum atomic E-state index is 12.5. The van der Waals surface area contributed by atoms with E-state index in [-0.39, 0.29) is 16.6 Å². The Hall–Kier alpha value is -3.46. The van der Waals surface area contributed by atoms with E-state index in [1.54, 1.807) is 25.5 Å². The van der Waals surface area contributed by atoms with Gasteiger partial charge in [0.1, 0.15) is 17.9 Å². The van der Waals surface area contributed by atoms with E-state index in [1.165, 1.54) is 31.6 Å². The molecule has 8 nitrogen and oxygen atoms in total. The number of nitrogens with zero attached hydrogens (tertiary/aromatic N) is 3. The van der Waals surface area contributed by atoms with Crippen LogP contribution in [0.5, 0.6) is 11.6 Å². The molecule has 0 atom stereocenters. The molecule has 0 aliphatic rings. The van der Waals surface area contributed by atoms with E-state index in [2.05, 4.69) is 19.7 Å². The fourth-order valence-corrected chi connectivity index (χ4v) is 3.25. The first-order valence-corrected chi connectivity index (χ1v) is 9.65. The second-order valence-electron chi connectivity index (χ2n) is 5.58. The number of anilines is 1. The van der Waals surface area contributed by atoms with Gasteiger partial charge >= 0.3 is 0 Å². The average Bonchev–Trinajstić information content (AvgIpc) is 2.72. The quantitative estimate of drug-likeness (QED) is 0.614. The number of nitrogens with one attached hydrogen (secondary N) is 1. The first kappa shape index (κ1) is 19.3. The van der Waals surface area contributed by atoms with Crippen LogP contribution in [0.4, 0.5) is 11.5 Å². The highest BCUT2D eigenvalue weighted by Gasteiger charge is 2.15.